The van der Waals surface area contributed by atoms with Crippen molar-refractivity contribution in [2.24, 2.45) is 0 Å². The summed E-state index contributed by atoms with van der Waals surface area (Å²) in [5, 5.41) is 4.14. The first-order chi connectivity index (χ1) is 9.72. The molecule has 0 radical (unpaired) electrons. The Hall–Kier alpha value is -1.26. The summed E-state index contributed by atoms with van der Waals surface area (Å²) in [7, 11) is 0. The Morgan fingerprint density at radius 3 is 3.05 bits per heavy atom. The van der Waals surface area contributed by atoms with Gasteiger partial charge in [0.05, 0.1) is 0 Å². The van der Waals surface area contributed by atoms with Crippen molar-refractivity contribution in [3.8, 4) is 0 Å². The maximum atomic E-state index is 6.15. The average molecular weight is 294 g/mol. The van der Waals surface area contributed by atoms with Gasteiger partial charge in [0.2, 0.25) is 0 Å². The van der Waals surface area contributed by atoms with Gasteiger partial charge in [-0.1, -0.05) is 25.4 Å². The average Bonchev–Trinajstić information content (AvgIpc) is 2.89. The fraction of sp³-hybridized carbons (Fsp3) is 0.533. The lowest BCUT2D eigenvalue weighted by Crippen LogP contribution is -2.51. The van der Waals surface area contributed by atoms with Crippen LogP contribution in [0.25, 0.3) is 11.1 Å². The molecule has 108 valence electrons. The molecule has 1 atom stereocenters. The zero-order chi connectivity index (χ0) is 14.1. The highest BCUT2D eigenvalue weighted by Crippen LogP contribution is 2.30. The molecule has 0 saturated carbocycles. The Labute approximate surface area is 124 Å². The number of nitrogens with one attached hydrogen (secondary N) is 1. The fourth-order valence-electron chi connectivity index (χ4n) is 2.82. The zero-order valence-corrected chi connectivity index (χ0v) is 12.7. The number of hydrogen-bond donors (Lipinski definition) is 1. The smallest absolute Gasteiger partial charge is 0.298 e. The van der Waals surface area contributed by atoms with E-state index < -0.39 is 0 Å². The lowest BCUT2D eigenvalue weighted by atomic mass is 10.1. The van der Waals surface area contributed by atoms with E-state index in [1.807, 2.05) is 12.1 Å². The second kappa shape index (κ2) is 5.62. The molecule has 1 aromatic carbocycles. The molecule has 20 heavy (non-hydrogen) atoms. The van der Waals surface area contributed by atoms with Crippen LogP contribution in [0.5, 0.6) is 0 Å². The Bertz CT molecular complexity index is 610. The third-order valence-electron chi connectivity index (χ3n) is 3.97. The molecular formula is C15H20ClN3O. The van der Waals surface area contributed by atoms with Crippen LogP contribution >= 0.6 is 11.6 Å². The van der Waals surface area contributed by atoms with Gasteiger partial charge in [-0.25, -0.2) is 0 Å². The molecular weight excluding hydrogens is 274 g/mol. The van der Waals surface area contributed by atoms with E-state index >= 15 is 0 Å². The molecule has 1 fully saturated rings. The third kappa shape index (κ3) is 2.38. The van der Waals surface area contributed by atoms with Crippen LogP contribution in [-0.2, 0) is 6.42 Å². The van der Waals surface area contributed by atoms with Gasteiger partial charge in [0.15, 0.2) is 5.58 Å². The van der Waals surface area contributed by atoms with Crippen LogP contribution < -0.4 is 10.2 Å². The Kier molecular flexibility index (Phi) is 3.85. The molecule has 3 rings (SSSR count). The van der Waals surface area contributed by atoms with Gasteiger partial charge in [-0.15, -0.1) is 0 Å². The lowest BCUT2D eigenvalue weighted by molar-refractivity contribution is 0.430. The van der Waals surface area contributed by atoms with Crippen molar-refractivity contribution in [3.63, 3.8) is 0 Å². The lowest BCUT2D eigenvalue weighted by Gasteiger charge is -2.34. The molecule has 0 spiro atoms. The highest BCUT2D eigenvalue weighted by molar-refractivity contribution is 6.31. The van der Waals surface area contributed by atoms with Gasteiger partial charge < -0.3 is 14.6 Å². The number of anilines is 1. The van der Waals surface area contributed by atoms with Crippen LogP contribution in [0.1, 0.15) is 25.8 Å². The normalized spacial score (nSPS) is 19.8. The van der Waals surface area contributed by atoms with Crippen molar-refractivity contribution in [1.82, 2.24) is 10.3 Å². The van der Waals surface area contributed by atoms with E-state index in [4.69, 9.17) is 16.0 Å². The third-order valence-corrected chi connectivity index (χ3v) is 4.19. The number of benzene rings is 1. The molecule has 1 aliphatic rings. The number of halogens is 1. The molecule has 0 bridgehead atoms. The number of fused-ring (bicyclic) bond motifs is 1. The second-order valence-corrected chi connectivity index (χ2v) is 5.66. The van der Waals surface area contributed by atoms with E-state index in [0.29, 0.717) is 6.04 Å². The molecule has 5 heteroatoms. The first-order valence-corrected chi connectivity index (χ1v) is 7.67. The number of rotatable bonds is 3. The van der Waals surface area contributed by atoms with Gasteiger partial charge in [0, 0.05) is 30.7 Å². The van der Waals surface area contributed by atoms with E-state index in [-0.39, 0.29) is 0 Å². The summed E-state index contributed by atoms with van der Waals surface area (Å²) in [6, 6.07) is 5.02. The van der Waals surface area contributed by atoms with Crippen molar-refractivity contribution < 1.29 is 4.42 Å². The molecule has 1 saturated heterocycles. The summed E-state index contributed by atoms with van der Waals surface area (Å²) < 4.78 is 6.05. The van der Waals surface area contributed by atoms with Gasteiger partial charge in [0.1, 0.15) is 5.52 Å². The topological polar surface area (TPSA) is 41.3 Å². The molecule has 2 heterocycles. The first kappa shape index (κ1) is 13.7. The number of piperazine rings is 1. The van der Waals surface area contributed by atoms with E-state index in [2.05, 4.69) is 29.0 Å². The number of hydrogen-bond acceptors (Lipinski definition) is 4. The second-order valence-electron chi connectivity index (χ2n) is 5.22. The molecule has 1 N–H and O–H groups in total. The van der Waals surface area contributed by atoms with Crippen molar-refractivity contribution >= 4 is 28.7 Å². The molecule has 0 unspecified atom stereocenters. The van der Waals surface area contributed by atoms with Gasteiger partial charge in [-0.3, -0.25) is 0 Å². The van der Waals surface area contributed by atoms with Gasteiger partial charge in [-0.2, -0.15) is 4.98 Å². The number of aromatic nitrogens is 1. The Morgan fingerprint density at radius 1 is 1.45 bits per heavy atom. The van der Waals surface area contributed by atoms with Crippen molar-refractivity contribution in [2.45, 2.75) is 32.7 Å². The molecule has 0 aliphatic carbocycles. The van der Waals surface area contributed by atoms with Crippen molar-refractivity contribution in [1.29, 1.82) is 0 Å². The van der Waals surface area contributed by atoms with Crippen LogP contribution in [0, 0.1) is 0 Å². The molecule has 2 aromatic rings. The highest BCUT2D eigenvalue weighted by atomic mass is 35.5. The van der Waals surface area contributed by atoms with Crippen LogP contribution in [0.3, 0.4) is 0 Å². The molecule has 1 aliphatic heterocycles. The predicted molar refractivity (Wildman–Crippen MR) is 82.7 cm³/mol. The SMILES string of the molecule is CCc1cc(Cl)cc2nc(N3CCNC[C@@H]3CC)oc12. The highest BCUT2D eigenvalue weighted by Gasteiger charge is 2.25. The minimum atomic E-state index is 0.442. The molecule has 4 nitrogen and oxygen atoms in total. The van der Waals surface area contributed by atoms with E-state index in [1.54, 1.807) is 0 Å². The predicted octanol–water partition coefficient (Wildman–Crippen LogP) is 3.23. The van der Waals surface area contributed by atoms with Gasteiger partial charge in [-0.05, 0) is 30.5 Å². The maximum absolute atomic E-state index is 6.15. The van der Waals surface area contributed by atoms with Gasteiger partial charge >= 0.3 is 0 Å². The van der Waals surface area contributed by atoms with Crippen LogP contribution in [0.15, 0.2) is 16.5 Å². The summed E-state index contributed by atoms with van der Waals surface area (Å²) in [5.74, 6) is 0. The van der Waals surface area contributed by atoms with Crippen molar-refractivity contribution in [2.75, 3.05) is 24.5 Å². The van der Waals surface area contributed by atoms with E-state index in [1.165, 1.54) is 0 Å². The van der Waals surface area contributed by atoms with E-state index in [0.717, 1.165) is 60.2 Å². The maximum Gasteiger partial charge on any atom is 0.298 e. The zero-order valence-electron chi connectivity index (χ0n) is 11.9. The van der Waals surface area contributed by atoms with Gasteiger partial charge in [0.25, 0.3) is 6.01 Å². The summed E-state index contributed by atoms with van der Waals surface area (Å²) in [6.45, 7) is 7.18. The largest absolute Gasteiger partial charge is 0.423 e. The number of aryl methyl sites for hydroxylation is 1. The van der Waals surface area contributed by atoms with Crippen LogP contribution in [0.4, 0.5) is 6.01 Å². The number of oxazole rings is 1. The summed E-state index contributed by atoms with van der Waals surface area (Å²) in [5.41, 5.74) is 2.85. The summed E-state index contributed by atoms with van der Waals surface area (Å²) >= 11 is 6.15. The first-order valence-electron chi connectivity index (χ1n) is 7.29. The standard InChI is InChI=1S/C15H20ClN3O/c1-3-10-7-11(16)8-13-14(10)20-15(18-13)19-6-5-17-9-12(19)4-2/h7-8,12,17H,3-6,9H2,1-2H3/t12-/m0/s1. The Balaban J connectivity index is 2.03. The van der Waals surface area contributed by atoms with Crippen LogP contribution in [-0.4, -0.2) is 30.7 Å². The Morgan fingerprint density at radius 2 is 2.30 bits per heavy atom. The van der Waals surface area contributed by atoms with Crippen LogP contribution in [0.2, 0.25) is 5.02 Å². The molecule has 0 amide bonds. The fourth-order valence-corrected chi connectivity index (χ4v) is 3.05. The summed E-state index contributed by atoms with van der Waals surface area (Å²) in [6.07, 6.45) is 1.97. The molecule has 1 aromatic heterocycles. The number of nitrogens with zero attached hydrogens (tertiary/aromatic N) is 2. The van der Waals surface area contributed by atoms with E-state index in [9.17, 15) is 0 Å². The minimum absolute atomic E-state index is 0.442. The quantitative estimate of drug-likeness (QED) is 0.943. The minimum Gasteiger partial charge on any atom is -0.423 e. The summed E-state index contributed by atoms with van der Waals surface area (Å²) in [4.78, 5) is 6.92. The monoisotopic (exact) mass is 293 g/mol. The van der Waals surface area contributed by atoms with Crippen molar-refractivity contribution in [3.05, 3.63) is 22.7 Å².